The zero-order valence-corrected chi connectivity index (χ0v) is 16.8. The van der Waals surface area contributed by atoms with Crippen molar-refractivity contribution in [2.75, 3.05) is 38.1 Å². The van der Waals surface area contributed by atoms with Gasteiger partial charge in [-0.1, -0.05) is 18.2 Å². The Labute approximate surface area is 171 Å². The van der Waals surface area contributed by atoms with Crippen LogP contribution in [0.15, 0.2) is 42.5 Å². The van der Waals surface area contributed by atoms with Crippen LogP contribution in [0.3, 0.4) is 0 Å². The smallest absolute Gasteiger partial charge is 0.253 e. The normalized spacial score (nSPS) is 16.7. The third kappa shape index (κ3) is 4.59. The second kappa shape index (κ2) is 8.66. The van der Waals surface area contributed by atoms with E-state index in [1.807, 2.05) is 48.2 Å². The van der Waals surface area contributed by atoms with Crippen molar-refractivity contribution in [2.45, 2.75) is 26.3 Å². The van der Waals surface area contributed by atoms with Gasteiger partial charge in [0.2, 0.25) is 5.91 Å². The summed E-state index contributed by atoms with van der Waals surface area (Å²) in [5.74, 6) is 0.905. The minimum absolute atomic E-state index is 0.0638. The quantitative estimate of drug-likeness (QED) is 0.867. The van der Waals surface area contributed by atoms with Gasteiger partial charge in [0.05, 0.1) is 6.54 Å². The second-order valence-corrected chi connectivity index (χ2v) is 7.74. The summed E-state index contributed by atoms with van der Waals surface area (Å²) >= 11 is 0. The van der Waals surface area contributed by atoms with E-state index in [2.05, 4.69) is 10.2 Å². The number of carbonyl (C=O) groups excluding carboxylic acids is 2. The van der Waals surface area contributed by atoms with E-state index in [4.69, 9.17) is 4.74 Å². The summed E-state index contributed by atoms with van der Waals surface area (Å²) in [4.78, 5) is 29.1. The summed E-state index contributed by atoms with van der Waals surface area (Å²) in [6.45, 7) is 5.84. The molecule has 2 aliphatic rings. The maximum absolute atomic E-state index is 12.6. The molecule has 0 aliphatic carbocycles. The summed E-state index contributed by atoms with van der Waals surface area (Å²) in [6, 6.07) is 13.4. The van der Waals surface area contributed by atoms with Gasteiger partial charge < -0.3 is 15.0 Å². The highest BCUT2D eigenvalue weighted by Crippen LogP contribution is 2.23. The van der Waals surface area contributed by atoms with Gasteiger partial charge in [-0.15, -0.1) is 0 Å². The van der Waals surface area contributed by atoms with Crippen LogP contribution in [0.1, 0.15) is 34.3 Å². The largest absolute Gasteiger partial charge is 0.492 e. The third-order valence-electron chi connectivity index (χ3n) is 5.54. The van der Waals surface area contributed by atoms with Crippen molar-refractivity contribution in [1.29, 1.82) is 0 Å². The van der Waals surface area contributed by atoms with Gasteiger partial charge in [-0.3, -0.25) is 14.5 Å². The molecule has 0 aromatic heterocycles. The average Bonchev–Trinajstić information content (AvgIpc) is 3.17. The van der Waals surface area contributed by atoms with Crippen LogP contribution in [0, 0.1) is 6.92 Å². The zero-order valence-electron chi connectivity index (χ0n) is 16.8. The number of anilines is 1. The molecule has 6 heteroatoms. The van der Waals surface area contributed by atoms with Crippen LogP contribution in [0.5, 0.6) is 5.75 Å². The number of para-hydroxylation sites is 1. The first-order chi connectivity index (χ1) is 14.1. The number of likely N-dealkylation sites (tertiary alicyclic amines) is 1. The van der Waals surface area contributed by atoms with Crippen molar-refractivity contribution < 1.29 is 14.3 Å². The summed E-state index contributed by atoms with van der Waals surface area (Å²) in [6.07, 6.45) is 2.15. The molecule has 0 radical (unpaired) electrons. The van der Waals surface area contributed by atoms with Crippen LogP contribution in [0.4, 0.5) is 5.69 Å². The Kier molecular flexibility index (Phi) is 5.81. The molecule has 2 heterocycles. The van der Waals surface area contributed by atoms with Crippen LogP contribution in [0.25, 0.3) is 0 Å². The van der Waals surface area contributed by atoms with Crippen LogP contribution < -0.4 is 10.1 Å². The zero-order chi connectivity index (χ0) is 20.2. The number of aryl methyl sites for hydroxylation is 1. The van der Waals surface area contributed by atoms with E-state index in [1.165, 1.54) is 0 Å². The number of fused-ring (bicyclic) bond motifs is 1. The average molecular weight is 393 g/mol. The molecule has 29 heavy (non-hydrogen) atoms. The standard InChI is InChI=1S/C23H27N3O3/c1-17-14-18(23(28)26-10-4-5-11-26)8-9-20(17)24-22(27)16-25-12-13-29-21-7-3-2-6-19(21)15-25/h2-3,6-9,14H,4-5,10-13,15-16H2,1H3,(H,24,27). The number of hydrogen-bond acceptors (Lipinski definition) is 4. The number of ether oxygens (including phenoxy) is 1. The van der Waals surface area contributed by atoms with E-state index < -0.39 is 0 Å². The molecule has 6 nitrogen and oxygen atoms in total. The topological polar surface area (TPSA) is 61.9 Å². The highest BCUT2D eigenvalue weighted by Gasteiger charge is 2.21. The molecule has 4 rings (SSSR count). The van der Waals surface area contributed by atoms with Crippen LogP contribution >= 0.6 is 0 Å². The Morgan fingerprint density at radius 3 is 2.66 bits per heavy atom. The number of nitrogens with zero attached hydrogens (tertiary/aromatic N) is 2. The molecule has 152 valence electrons. The minimum Gasteiger partial charge on any atom is -0.492 e. The van der Waals surface area contributed by atoms with Gasteiger partial charge in [-0.05, 0) is 49.6 Å². The number of carbonyl (C=O) groups is 2. The highest BCUT2D eigenvalue weighted by molar-refractivity contribution is 5.97. The number of hydrogen-bond donors (Lipinski definition) is 1. The molecule has 1 saturated heterocycles. The van der Waals surface area contributed by atoms with Crippen molar-refractivity contribution >= 4 is 17.5 Å². The van der Waals surface area contributed by atoms with Crippen molar-refractivity contribution in [3.8, 4) is 5.75 Å². The first kappa shape index (κ1) is 19.5. The molecule has 1 N–H and O–H groups in total. The molecule has 0 saturated carbocycles. The first-order valence-electron chi connectivity index (χ1n) is 10.2. The van der Waals surface area contributed by atoms with Crippen LogP contribution in [-0.4, -0.2) is 54.4 Å². The molecule has 2 amide bonds. The summed E-state index contributed by atoms with van der Waals surface area (Å²) < 4.78 is 5.77. The SMILES string of the molecule is Cc1cc(C(=O)N2CCCC2)ccc1NC(=O)CN1CCOc2ccccc2C1. The van der Waals surface area contributed by atoms with E-state index in [9.17, 15) is 9.59 Å². The van der Waals surface area contributed by atoms with Gasteiger partial charge in [-0.2, -0.15) is 0 Å². The van der Waals surface area contributed by atoms with E-state index in [0.717, 1.165) is 48.5 Å². The van der Waals surface area contributed by atoms with Crippen molar-refractivity contribution in [3.05, 3.63) is 59.2 Å². The van der Waals surface area contributed by atoms with Gasteiger partial charge in [0, 0.05) is 43.0 Å². The number of rotatable bonds is 4. The molecule has 0 atom stereocenters. The Morgan fingerprint density at radius 2 is 1.86 bits per heavy atom. The summed E-state index contributed by atoms with van der Waals surface area (Å²) in [7, 11) is 0. The lowest BCUT2D eigenvalue weighted by atomic mass is 10.1. The fraction of sp³-hybridized carbons (Fsp3) is 0.391. The maximum atomic E-state index is 12.6. The van der Waals surface area contributed by atoms with Crippen molar-refractivity contribution in [2.24, 2.45) is 0 Å². The predicted molar refractivity (Wildman–Crippen MR) is 112 cm³/mol. The molecule has 0 spiro atoms. The lowest BCUT2D eigenvalue weighted by Crippen LogP contribution is -2.34. The van der Waals surface area contributed by atoms with Crippen LogP contribution in [0.2, 0.25) is 0 Å². The molecule has 0 bridgehead atoms. The van der Waals surface area contributed by atoms with Crippen molar-refractivity contribution in [3.63, 3.8) is 0 Å². The fourth-order valence-corrected chi connectivity index (χ4v) is 3.95. The van der Waals surface area contributed by atoms with Gasteiger partial charge in [-0.25, -0.2) is 0 Å². The number of nitrogens with one attached hydrogen (secondary N) is 1. The molecular formula is C23H27N3O3. The Morgan fingerprint density at radius 1 is 1.07 bits per heavy atom. The summed E-state index contributed by atoms with van der Waals surface area (Å²) in [5.41, 5.74) is 3.43. The minimum atomic E-state index is -0.0638. The van der Waals surface area contributed by atoms with E-state index in [1.54, 1.807) is 6.07 Å². The van der Waals surface area contributed by atoms with Gasteiger partial charge >= 0.3 is 0 Å². The molecule has 2 aromatic carbocycles. The second-order valence-electron chi connectivity index (χ2n) is 7.74. The Balaban J connectivity index is 1.37. The van der Waals surface area contributed by atoms with E-state index in [0.29, 0.717) is 31.8 Å². The van der Waals surface area contributed by atoms with Gasteiger partial charge in [0.15, 0.2) is 0 Å². The predicted octanol–water partition coefficient (Wildman–Crippen LogP) is 3.06. The lowest BCUT2D eigenvalue weighted by molar-refractivity contribution is -0.117. The van der Waals surface area contributed by atoms with E-state index >= 15 is 0 Å². The highest BCUT2D eigenvalue weighted by atomic mass is 16.5. The molecule has 2 aromatic rings. The monoisotopic (exact) mass is 393 g/mol. The third-order valence-corrected chi connectivity index (χ3v) is 5.54. The van der Waals surface area contributed by atoms with E-state index in [-0.39, 0.29) is 11.8 Å². The fourth-order valence-electron chi connectivity index (χ4n) is 3.95. The number of benzene rings is 2. The first-order valence-corrected chi connectivity index (χ1v) is 10.2. The van der Waals surface area contributed by atoms with Crippen molar-refractivity contribution in [1.82, 2.24) is 9.80 Å². The number of amides is 2. The van der Waals surface area contributed by atoms with Gasteiger partial charge in [0.1, 0.15) is 12.4 Å². The Bertz CT molecular complexity index is 906. The summed E-state index contributed by atoms with van der Waals surface area (Å²) in [5, 5.41) is 2.99. The Hall–Kier alpha value is -2.86. The maximum Gasteiger partial charge on any atom is 0.253 e. The molecular weight excluding hydrogens is 366 g/mol. The molecule has 2 aliphatic heterocycles. The molecule has 1 fully saturated rings. The van der Waals surface area contributed by atoms with Crippen LogP contribution in [-0.2, 0) is 11.3 Å². The molecule has 0 unspecified atom stereocenters. The lowest BCUT2D eigenvalue weighted by Gasteiger charge is -2.19. The van der Waals surface area contributed by atoms with Gasteiger partial charge in [0.25, 0.3) is 5.91 Å².